The molecule has 0 spiro atoms. The molecule has 0 aliphatic heterocycles. The highest BCUT2D eigenvalue weighted by Gasteiger charge is 2.13. The molecule has 1 aromatic heterocycles. The molecule has 0 aliphatic carbocycles. The number of halogens is 1. The largest absolute Gasteiger partial charge is 0.507 e. The van der Waals surface area contributed by atoms with Gasteiger partial charge in [-0.3, -0.25) is 0 Å². The highest BCUT2D eigenvalue weighted by atomic mass is 79.9. The second-order valence-electron chi connectivity index (χ2n) is 4.04. The number of nitrogens with zero attached hydrogens (tertiary/aromatic N) is 2. The molecule has 1 heterocycles. The molecular formula is C14H11BrN2O2. The number of nitriles is 1. The van der Waals surface area contributed by atoms with E-state index < -0.39 is 0 Å². The van der Waals surface area contributed by atoms with Crippen LogP contribution in [0.2, 0.25) is 0 Å². The summed E-state index contributed by atoms with van der Waals surface area (Å²) in [5.41, 5.74) is 1.75. The Morgan fingerprint density at radius 3 is 2.84 bits per heavy atom. The molecule has 0 bridgehead atoms. The zero-order chi connectivity index (χ0) is 14.0. The van der Waals surface area contributed by atoms with Gasteiger partial charge in [-0.2, -0.15) is 5.26 Å². The summed E-state index contributed by atoms with van der Waals surface area (Å²) in [4.78, 5) is 4.14. The fourth-order valence-corrected chi connectivity index (χ4v) is 1.97. The third-order valence-corrected chi connectivity index (χ3v) is 3.28. The number of aliphatic imine (C=N–C) groups is 1. The lowest BCUT2D eigenvalue weighted by atomic mass is 10.2. The van der Waals surface area contributed by atoms with Crippen molar-refractivity contribution in [1.29, 1.82) is 5.26 Å². The zero-order valence-electron chi connectivity index (χ0n) is 10.4. The van der Waals surface area contributed by atoms with Crippen molar-refractivity contribution in [3.05, 3.63) is 45.1 Å². The van der Waals surface area contributed by atoms with E-state index in [-0.39, 0.29) is 11.6 Å². The number of benzene rings is 1. The smallest absolute Gasteiger partial charge is 0.237 e. The van der Waals surface area contributed by atoms with Crippen molar-refractivity contribution in [3.63, 3.8) is 0 Å². The minimum atomic E-state index is 0.116. The molecule has 0 saturated heterocycles. The van der Waals surface area contributed by atoms with Gasteiger partial charge in [0.25, 0.3) is 0 Å². The van der Waals surface area contributed by atoms with E-state index in [1.54, 1.807) is 25.1 Å². The minimum absolute atomic E-state index is 0.116. The van der Waals surface area contributed by atoms with E-state index in [0.29, 0.717) is 16.9 Å². The van der Waals surface area contributed by atoms with Gasteiger partial charge in [0.1, 0.15) is 23.1 Å². The highest BCUT2D eigenvalue weighted by molar-refractivity contribution is 9.10. The van der Waals surface area contributed by atoms with Crippen molar-refractivity contribution < 1.29 is 9.52 Å². The maximum atomic E-state index is 9.69. The summed E-state index contributed by atoms with van der Waals surface area (Å²) in [6.45, 7) is 3.60. The standard InChI is InChI=1S/C14H11BrN2O2/c1-8-9(2)19-14(12(8)6-16)17-7-10-5-11(15)3-4-13(10)18/h3-5,7,18H,1-2H3/b17-7+. The topological polar surface area (TPSA) is 69.5 Å². The molecule has 0 radical (unpaired) electrons. The molecule has 0 saturated carbocycles. The van der Waals surface area contributed by atoms with Crippen molar-refractivity contribution >= 4 is 28.0 Å². The minimum Gasteiger partial charge on any atom is -0.507 e. The molecule has 0 amide bonds. The third kappa shape index (κ3) is 2.69. The summed E-state index contributed by atoms with van der Waals surface area (Å²) < 4.78 is 6.25. The Balaban J connectivity index is 2.41. The Morgan fingerprint density at radius 1 is 1.42 bits per heavy atom. The summed E-state index contributed by atoms with van der Waals surface area (Å²) in [6, 6.07) is 7.09. The van der Waals surface area contributed by atoms with Crippen LogP contribution in [0.1, 0.15) is 22.5 Å². The van der Waals surface area contributed by atoms with Crippen LogP contribution in [0, 0.1) is 25.2 Å². The third-order valence-electron chi connectivity index (χ3n) is 2.79. The van der Waals surface area contributed by atoms with E-state index in [0.717, 1.165) is 10.0 Å². The van der Waals surface area contributed by atoms with Crippen molar-refractivity contribution in [1.82, 2.24) is 0 Å². The number of hydrogen-bond donors (Lipinski definition) is 1. The second-order valence-corrected chi connectivity index (χ2v) is 4.95. The number of rotatable bonds is 2. The van der Waals surface area contributed by atoms with Crippen LogP contribution in [0.15, 0.2) is 32.1 Å². The van der Waals surface area contributed by atoms with Crippen LogP contribution in [0.4, 0.5) is 5.88 Å². The lowest BCUT2D eigenvalue weighted by Crippen LogP contribution is -1.82. The molecule has 4 nitrogen and oxygen atoms in total. The van der Waals surface area contributed by atoms with E-state index in [2.05, 4.69) is 27.0 Å². The van der Waals surface area contributed by atoms with Gasteiger partial charge in [0.15, 0.2) is 0 Å². The van der Waals surface area contributed by atoms with Crippen LogP contribution in [0.5, 0.6) is 5.75 Å². The van der Waals surface area contributed by atoms with E-state index in [9.17, 15) is 5.11 Å². The predicted octanol–water partition coefficient (Wildman–Crippen LogP) is 3.99. The Bertz CT molecular complexity index is 696. The predicted molar refractivity (Wildman–Crippen MR) is 76.0 cm³/mol. The average Bonchev–Trinajstić information content (AvgIpc) is 2.66. The average molecular weight is 319 g/mol. The van der Waals surface area contributed by atoms with Crippen LogP contribution in [-0.2, 0) is 0 Å². The monoisotopic (exact) mass is 318 g/mol. The van der Waals surface area contributed by atoms with Gasteiger partial charge in [-0.05, 0) is 32.0 Å². The van der Waals surface area contributed by atoms with Crippen LogP contribution < -0.4 is 0 Å². The first-order valence-corrected chi connectivity index (χ1v) is 6.35. The molecule has 19 heavy (non-hydrogen) atoms. The van der Waals surface area contributed by atoms with E-state index >= 15 is 0 Å². The molecule has 5 heteroatoms. The summed E-state index contributed by atoms with van der Waals surface area (Å²) in [5, 5.41) is 18.8. The van der Waals surface area contributed by atoms with Crippen molar-refractivity contribution in [2.45, 2.75) is 13.8 Å². The molecule has 96 valence electrons. The zero-order valence-corrected chi connectivity index (χ0v) is 12.0. The highest BCUT2D eigenvalue weighted by Crippen LogP contribution is 2.28. The number of furan rings is 1. The van der Waals surface area contributed by atoms with E-state index in [1.165, 1.54) is 6.21 Å². The van der Waals surface area contributed by atoms with E-state index in [4.69, 9.17) is 9.68 Å². The SMILES string of the molecule is Cc1oc(/N=C/c2cc(Br)ccc2O)c(C#N)c1C. The normalized spacial score (nSPS) is 10.8. The van der Waals surface area contributed by atoms with Gasteiger partial charge in [-0.1, -0.05) is 15.9 Å². The van der Waals surface area contributed by atoms with Gasteiger partial charge in [-0.25, -0.2) is 4.99 Å². The van der Waals surface area contributed by atoms with Crippen LogP contribution in [-0.4, -0.2) is 11.3 Å². The van der Waals surface area contributed by atoms with Gasteiger partial charge in [-0.15, -0.1) is 0 Å². The fraction of sp³-hybridized carbons (Fsp3) is 0.143. The molecule has 0 unspecified atom stereocenters. The maximum Gasteiger partial charge on any atom is 0.237 e. The quantitative estimate of drug-likeness (QED) is 0.851. The summed E-state index contributed by atoms with van der Waals surface area (Å²) in [6.07, 6.45) is 1.47. The molecule has 0 fully saturated rings. The molecule has 0 aliphatic rings. The van der Waals surface area contributed by atoms with Crippen molar-refractivity contribution in [2.24, 2.45) is 4.99 Å². The van der Waals surface area contributed by atoms with Crippen LogP contribution >= 0.6 is 15.9 Å². The lowest BCUT2D eigenvalue weighted by molar-refractivity contribution is 0.474. The van der Waals surface area contributed by atoms with Gasteiger partial charge in [0.2, 0.25) is 5.88 Å². The van der Waals surface area contributed by atoms with Gasteiger partial charge >= 0.3 is 0 Å². The van der Waals surface area contributed by atoms with Crippen molar-refractivity contribution in [2.75, 3.05) is 0 Å². The Labute approximate surface area is 119 Å². The maximum absolute atomic E-state index is 9.69. The fourth-order valence-electron chi connectivity index (χ4n) is 1.59. The summed E-state index contributed by atoms with van der Waals surface area (Å²) in [7, 11) is 0. The molecule has 1 aromatic carbocycles. The van der Waals surface area contributed by atoms with Crippen LogP contribution in [0.25, 0.3) is 0 Å². The first kappa shape index (κ1) is 13.4. The van der Waals surface area contributed by atoms with Gasteiger partial charge in [0, 0.05) is 21.8 Å². The molecule has 1 N–H and O–H groups in total. The Kier molecular flexibility index (Phi) is 3.72. The summed E-state index contributed by atoms with van der Waals surface area (Å²) >= 11 is 3.32. The molecule has 2 aromatic rings. The number of aromatic hydroxyl groups is 1. The molecule has 0 atom stereocenters. The number of phenolic OH excluding ortho intramolecular Hbond substituents is 1. The van der Waals surface area contributed by atoms with Gasteiger partial charge < -0.3 is 9.52 Å². The van der Waals surface area contributed by atoms with Crippen molar-refractivity contribution in [3.8, 4) is 11.8 Å². The van der Waals surface area contributed by atoms with Gasteiger partial charge in [0.05, 0.1) is 0 Å². The molecular weight excluding hydrogens is 308 g/mol. The molecule has 2 rings (SSSR count). The lowest BCUT2D eigenvalue weighted by Gasteiger charge is -1.98. The summed E-state index contributed by atoms with van der Waals surface area (Å²) in [5.74, 6) is 1.05. The second kappa shape index (κ2) is 5.29. The Hall–Kier alpha value is -2.06. The number of hydrogen-bond acceptors (Lipinski definition) is 4. The first-order chi connectivity index (χ1) is 9.02. The number of phenols is 1. The number of aryl methyl sites for hydroxylation is 1. The van der Waals surface area contributed by atoms with Crippen LogP contribution in [0.3, 0.4) is 0 Å². The van der Waals surface area contributed by atoms with E-state index in [1.807, 2.05) is 6.92 Å². The first-order valence-electron chi connectivity index (χ1n) is 5.55. The Morgan fingerprint density at radius 2 is 2.16 bits per heavy atom.